The third kappa shape index (κ3) is 4.43. The van der Waals surface area contributed by atoms with E-state index >= 15 is 0 Å². The van der Waals surface area contributed by atoms with Crippen LogP contribution in [-0.4, -0.2) is 43.6 Å². The van der Waals surface area contributed by atoms with Crippen LogP contribution >= 0.6 is 0 Å². The number of nitrogens with zero attached hydrogens (tertiary/aromatic N) is 6. The maximum Gasteiger partial charge on any atom is 0.416 e. The lowest BCUT2D eigenvalue weighted by Crippen LogP contribution is -2.41. The van der Waals surface area contributed by atoms with Crippen LogP contribution in [0.15, 0.2) is 42.2 Å². The Morgan fingerprint density at radius 3 is 2.74 bits per heavy atom. The third-order valence-corrected chi connectivity index (χ3v) is 6.39. The van der Waals surface area contributed by atoms with E-state index in [4.69, 9.17) is 5.73 Å². The summed E-state index contributed by atoms with van der Waals surface area (Å²) in [5.74, 6) is 0.0864. The van der Waals surface area contributed by atoms with E-state index < -0.39 is 11.7 Å². The van der Waals surface area contributed by atoms with Crippen LogP contribution in [0, 0.1) is 17.2 Å². The molecule has 1 aliphatic carbocycles. The van der Waals surface area contributed by atoms with Crippen molar-refractivity contribution in [1.29, 1.82) is 5.26 Å². The Morgan fingerprint density at radius 1 is 1.23 bits per heavy atom. The largest absolute Gasteiger partial charge is 0.416 e. The highest BCUT2D eigenvalue weighted by Gasteiger charge is 2.33. The molecule has 5 rings (SSSR count). The molecule has 1 amide bonds. The molecule has 1 aromatic carbocycles. The second-order valence-corrected chi connectivity index (χ2v) is 8.91. The number of likely N-dealkylation sites (tertiary alicyclic amines) is 1. The Kier molecular flexibility index (Phi) is 5.67. The van der Waals surface area contributed by atoms with Crippen molar-refractivity contribution in [3.63, 3.8) is 0 Å². The minimum Gasteiger partial charge on any atom is -0.383 e. The lowest BCUT2D eigenvalue weighted by Gasteiger charge is -2.32. The van der Waals surface area contributed by atoms with Crippen LogP contribution in [0.4, 0.5) is 19.0 Å². The number of alkyl halides is 3. The Labute approximate surface area is 198 Å². The molecule has 3 heterocycles. The quantitative estimate of drug-likeness (QED) is 0.443. The highest BCUT2D eigenvalue weighted by atomic mass is 19.4. The first-order valence-electron chi connectivity index (χ1n) is 11.3. The summed E-state index contributed by atoms with van der Waals surface area (Å²) in [5.41, 5.74) is 6.34. The molecule has 2 N–H and O–H groups in total. The summed E-state index contributed by atoms with van der Waals surface area (Å²) in [6.45, 7) is 0.807. The van der Waals surface area contributed by atoms with Gasteiger partial charge < -0.3 is 10.6 Å². The molecule has 2 aromatic heterocycles. The van der Waals surface area contributed by atoms with Gasteiger partial charge in [0.15, 0.2) is 5.65 Å². The first kappa shape index (κ1) is 22.8. The zero-order valence-electron chi connectivity index (χ0n) is 18.7. The summed E-state index contributed by atoms with van der Waals surface area (Å²) in [6, 6.07) is 6.61. The van der Waals surface area contributed by atoms with Gasteiger partial charge in [0, 0.05) is 18.7 Å². The molecule has 11 heteroatoms. The number of carbonyl (C=O) groups is 1. The van der Waals surface area contributed by atoms with Gasteiger partial charge in [0.1, 0.15) is 29.5 Å². The zero-order chi connectivity index (χ0) is 24.7. The molecule has 1 saturated heterocycles. The van der Waals surface area contributed by atoms with Gasteiger partial charge in [-0.1, -0.05) is 18.2 Å². The number of nitriles is 1. The second-order valence-electron chi connectivity index (χ2n) is 8.91. The van der Waals surface area contributed by atoms with E-state index in [0.29, 0.717) is 42.9 Å². The molecule has 0 bridgehead atoms. The summed E-state index contributed by atoms with van der Waals surface area (Å²) in [7, 11) is 0. The molecular weight excluding hydrogens is 459 g/mol. The number of benzene rings is 1. The fourth-order valence-electron chi connectivity index (χ4n) is 4.46. The van der Waals surface area contributed by atoms with Gasteiger partial charge in [0.2, 0.25) is 0 Å². The maximum absolute atomic E-state index is 13.3. The normalized spacial score (nSPS) is 19.1. The summed E-state index contributed by atoms with van der Waals surface area (Å²) < 4.78 is 41.6. The van der Waals surface area contributed by atoms with Crippen molar-refractivity contribution in [2.24, 2.45) is 5.92 Å². The van der Waals surface area contributed by atoms with Crippen LogP contribution in [-0.2, 0) is 11.0 Å². The Morgan fingerprint density at radius 2 is 2.03 bits per heavy atom. The summed E-state index contributed by atoms with van der Waals surface area (Å²) in [5, 5.41) is 14.5. The van der Waals surface area contributed by atoms with Crippen molar-refractivity contribution in [2.75, 3.05) is 18.8 Å². The van der Waals surface area contributed by atoms with Crippen LogP contribution in [0.1, 0.15) is 37.3 Å². The Bertz CT molecular complexity index is 1370. The first-order valence-corrected chi connectivity index (χ1v) is 11.3. The molecule has 0 unspecified atom stereocenters. The maximum atomic E-state index is 13.3. The van der Waals surface area contributed by atoms with Gasteiger partial charge in [-0.2, -0.15) is 23.5 Å². The number of hydrogen-bond donors (Lipinski definition) is 1. The van der Waals surface area contributed by atoms with Crippen LogP contribution in [0.25, 0.3) is 22.3 Å². The standard InChI is InChI=1S/C24H22F3N7O/c25-24(26,27)17-4-1-3-15(10-17)20-19-21(29)30-13-31-22(19)34(32-20)18-5-2-8-33(12-18)23(35)16(11-28)9-14-6-7-14/h1,3-4,9-10,13-14,18H,2,5-8,12H2,(H2,29,30,31)/b16-9+/t18-/m1/s1. The predicted molar refractivity (Wildman–Crippen MR) is 121 cm³/mol. The summed E-state index contributed by atoms with van der Waals surface area (Å²) in [6.07, 6.45) is 1.85. The van der Waals surface area contributed by atoms with Crippen LogP contribution < -0.4 is 5.73 Å². The molecule has 8 nitrogen and oxygen atoms in total. The number of allylic oxidation sites excluding steroid dienone is 1. The summed E-state index contributed by atoms with van der Waals surface area (Å²) in [4.78, 5) is 23.0. The van der Waals surface area contributed by atoms with E-state index in [-0.39, 0.29) is 34.6 Å². The molecule has 180 valence electrons. The predicted octanol–water partition coefficient (Wildman–Crippen LogP) is 4.12. The number of rotatable bonds is 4. The van der Waals surface area contributed by atoms with Crippen molar-refractivity contribution in [3.8, 4) is 17.3 Å². The number of amides is 1. The fourth-order valence-corrected chi connectivity index (χ4v) is 4.46. The van der Waals surface area contributed by atoms with Gasteiger partial charge in [-0.15, -0.1) is 0 Å². The van der Waals surface area contributed by atoms with E-state index in [1.165, 1.54) is 18.5 Å². The molecule has 1 aliphatic heterocycles. The highest BCUT2D eigenvalue weighted by molar-refractivity contribution is 5.99. The van der Waals surface area contributed by atoms with Gasteiger partial charge in [0.25, 0.3) is 5.91 Å². The number of halogens is 3. The van der Waals surface area contributed by atoms with Gasteiger partial charge in [0.05, 0.1) is 17.0 Å². The van der Waals surface area contributed by atoms with Gasteiger partial charge in [-0.25, -0.2) is 14.6 Å². The Balaban J connectivity index is 1.52. The van der Waals surface area contributed by atoms with Crippen molar-refractivity contribution >= 4 is 22.8 Å². The topological polar surface area (TPSA) is 114 Å². The van der Waals surface area contributed by atoms with Crippen molar-refractivity contribution in [3.05, 3.63) is 47.8 Å². The number of aromatic nitrogens is 4. The van der Waals surface area contributed by atoms with Crippen molar-refractivity contribution in [1.82, 2.24) is 24.6 Å². The molecule has 2 aliphatic rings. The minimum absolute atomic E-state index is 0.108. The van der Waals surface area contributed by atoms with E-state index in [1.54, 1.807) is 15.7 Å². The number of hydrogen-bond acceptors (Lipinski definition) is 6. The number of nitrogen functional groups attached to an aromatic ring is 1. The van der Waals surface area contributed by atoms with Crippen LogP contribution in [0.5, 0.6) is 0 Å². The molecule has 2 fully saturated rings. The van der Waals surface area contributed by atoms with Gasteiger partial charge in [-0.3, -0.25) is 4.79 Å². The van der Waals surface area contributed by atoms with Crippen molar-refractivity contribution in [2.45, 2.75) is 37.9 Å². The monoisotopic (exact) mass is 481 g/mol. The van der Waals surface area contributed by atoms with E-state index in [1.807, 2.05) is 6.07 Å². The number of piperidine rings is 1. The molecule has 1 atom stereocenters. The fraction of sp³-hybridized carbons (Fsp3) is 0.375. The molecule has 1 saturated carbocycles. The van der Waals surface area contributed by atoms with Crippen LogP contribution in [0.2, 0.25) is 0 Å². The average Bonchev–Trinajstić information content (AvgIpc) is 3.59. The second kappa shape index (κ2) is 8.69. The third-order valence-electron chi connectivity index (χ3n) is 6.39. The molecular formula is C24H22F3N7O. The van der Waals surface area contributed by atoms with Gasteiger partial charge in [-0.05, 0) is 43.7 Å². The number of nitrogens with two attached hydrogens (primary N) is 1. The average molecular weight is 481 g/mol. The lowest BCUT2D eigenvalue weighted by atomic mass is 10.0. The molecule has 0 spiro atoms. The number of anilines is 1. The molecule has 35 heavy (non-hydrogen) atoms. The van der Waals surface area contributed by atoms with Crippen LogP contribution in [0.3, 0.4) is 0 Å². The zero-order valence-corrected chi connectivity index (χ0v) is 18.7. The smallest absolute Gasteiger partial charge is 0.383 e. The Hall–Kier alpha value is -3.94. The first-order chi connectivity index (χ1) is 16.8. The van der Waals surface area contributed by atoms with E-state index in [9.17, 15) is 23.2 Å². The number of fused-ring (bicyclic) bond motifs is 1. The number of carbonyl (C=O) groups excluding carboxylic acids is 1. The van der Waals surface area contributed by atoms with Gasteiger partial charge >= 0.3 is 6.18 Å². The highest BCUT2D eigenvalue weighted by Crippen LogP contribution is 2.37. The lowest BCUT2D eigenvalue weighted by molar-refractivity contribution is -0.137. The minimum atomic E-state index is -4.51. The molecule has 3 aromatic rings. The van der Waals surface area contributed by atoms with Crippen molar-refractivity contribution < 1.29 is 18.0 Å². The van der Waals surface area contributed by atoms with E-state index in [0.717, 1.165) is 25.0 Å². The SMILES string of the molecule is N#C/C(=C\C1CC1)C(=O)N1CCC[C@@H](n2nc(-c3cccc(C(F)(F)F)c3)c3c(N)ncnc32)C1. The summed E-state index contributed by atoms with van der Waals surface area (Å²) >= 11 is 0. The van der Waals surface area contributed by atoms with E-state index in [2.05, 4.69) is 15.1 Å². The molecule has 0 radical (unpaired) electrons.